The summed E-state index contributed by atoms with van der Waals surface area (Å²) in [6, 6.07) is 0. The van der Waals surface area contributed by atoms with Crippen LogP contribution in [0.2, 0.25) is 0 Å². The molecule has 0 rings (SSSR count). The molecule has 0 aliphatic heterocycles. The van der Waals surface area contributed by atoms with Gasteiger partial charge in [-0.25, -0.2) is 0 Å². The maximum absolute atomic E-state index is 3.79. The van der Waals surface area contributed by atoms with Crippen molar-refractivity contribution < 1.29 is 2.85 Å². The Balaban J connectivity index is -0.00000000667. The van der Waals surface area contributed by atoms with Gasteiger partial charge in [0, 0.05) is 0 Å². The van der Waals surface area contributed by atoms with Crippen LogP contribution < -0.4 is 0 Å². The first-order chi connectivity index (χ1) is 1.41. The number of rotatable bonds is 0. The van der Waals surface area contributed by atoms with Crippen molar-refractivity contribution in [2.45, 2.75) is 6.92 Å². The van der Waals surface area contributed by atoms with Crippen LogP contribution in [-0.2, 0) is 0 Å². The van der Waals surface area contributed by atoms with Crippen LogP contribution in [0.4, 0.5) is 0 Å². The zero-order chi connectivity index (χ0) is 2.71. The minimum atomic E-state index is 0. The third-order valence-electron chi connectivity index (χ3n) is 0. The fraction of sp³-hybridized carbons (Fsp3) is 1.00. The average molecular weight is 201 g/mol. The van der Waals surface area contributed by atoms with Crippen molar-refractivity contribution in [3.63, 3.8) is 0 Å². The van der Waals surface area contributed by atoms with Crippen molar-refractivity contribution in [3.05, 3.63) is 0 Å². The molecule has 0 aromatic rings. The number of hydrogen-bond acceptors (Lipinski definition) is 1. The second kappa shape index (κ2) is 8.87. The molecule has 0 aromatic heterocycles. The summed E-state index contributed by atoms with van der Waals surface area (Å²) in [4.78, 5) is 0. The van der Waals surface area contributed by atoms with Crippen LogP contribution in [0.25, 0.3) is 0 Å². The van der Waals surface area contributed by atoms with Crippen LogP contribution in [0.15, 0.2) is 0 Å². The molecule has 0 N–H and O–H groups in total. The van der Waals surface area contributed by atoms with E-state index in [9.17, 15) is 0 Å². The van der Waals surface area contributed by atoms with E-state index in [0.717, 1.165) is 5.75 Å². The van der Waals surface area contributed by atoms with Crippen LogP contribution in [0.3, 0.4) is 0 Å². The monoisotopic (exact) mass is 202 g/mol. The fourth-order valence-corrected chi connectivity index (χ4v) is 0. The second-order valence-corrected chi connectivity index (χ2v) is 0.949. The Kier molecular flexibility index (Phi) is 20.7. The van der Waals surface area contributed by atoms with Gasteiger partial charge in [0.25, 0.3) is 0 Å². The SMILES string of the molecule is CCS.[Ba+2].[H-].[H-]. The Labute approximate surface area is 75.8 Å². The molecule has 2 heteroatoms. The van der Waals surface area contributed by atoms with E-state index in [1.54, 1.807) is 0 Å². The molecule has 0 saturated heterocycles. The molecule has 0 aliphatic rings. The number of hydrogen-bond donors (Lipinski definition) is 1. The fourth-order valence-electron chi connectivity index (χ4n) is 0. The summed E-state index contributed by atoms with van der Waals surface area (Å²) < 4.78 is 0. The molecule has 4 heavy (non-hydrogen) atoms. The zero-order valence-electron chi connectivity index (χ0n) is 4.86. The van der Waals surface area contributed by atoms with Gasteiger partial charge in [0.05, 0.1) is 0 Å². The van der Waals surface area contributed by atoms with Crippen molar-refractivity contribution in [2.75, 3.05) is 5.75 Å². The molecule has 0 spiro atoms. The first kappa shape index (κ1) is 9.33. The van der Waals surface area contributed by atoms with Crippen molar-refractivity contribution in [2.24, 2.45) is 0 Å². The zero-order valence-corrected chi connectivity index (χ0v) is 8.20. The average Bonchev–Trinajstić information content (AvgIpc) is 0.918. The molecule has 0 unspecified atom stereocenters. The maximum atomic E-state index is 3.79. The minimum Gasteiger partial charge on any atom is -1.00 e. The molecule has 0 bridgehead atoms. The van der Waals surface area contributed by atoms with E-state index in [0.29, 0.717) is 0 Å². The van der Waals surface area contributed by atoms with E-state index in [-0.39, 0.29) is 51.7 Å². The Hall–Kier alpha value is 1.92. The number of thiol groups is 1. The molecule has 0 heterocycles. The Morgan fingerprint density at radius 2 is 2.00 bits per heavy atom. The van der Waals surface area contributed by atoms with Crippen molar-refractivity contribution in [3.8, 4) is 0 Å². The Morgan fingerprint density at radius 3 is 2.00 bits per heavy atom. The van der Waals surface area contributed by atoms with Gasteiger partial charge in [-0.3, -0.25) is 0 Å². The van der Waals surface area contributed by atoms with E-state index in [4.69, 9.17) is 0 Å². The van der Waals surface area contributed by atoms with E-state index < -0.39 is 0 Å². The van der Waals surface area contributed by atoms with Crippen LogP contribution in [-0.4, -0.2) is 54.6 Å². The predicted molar refractivity (Wildman–Crippen MR) is 27.5 cm³/mol. The second-order valence-electron chi connectivity index (χ2n) is 0.316. The topological polar surface area (TPSA) is 0 Å². The Morgan fingerprint density at radius 1 is 2.00 bits per heavy atom. The van der Waals surface area contributed by atoms with Gasteiger partial charge in [-0.05, 0) is 5.75 Å². The van der Waals surface area contributed by atoms with Gasteiger partial charge < -0.3 is 2.85 Å². The van der Waals surface area contributed by atoms with Gasteiger partial charge in [0.1, 0.15) is 0 Å². The van der Waals surface area contributed by atoms with Crippen molar-refractivity contribution >= 4 is 61.5 Å². The van der Waals surface area contributed by atoms with Crippen molar-refractivity contribution in [1.29, 1.82) is 0 Å². The summed E-state index contributed by atoms with van der Waals surface area (Å²) in [6.07, 6.45) is 0. The van der Waals surface area contributed by atoms with Gasteiger partial charge in [0.2, 0.25) is 0 Å². The molecule has 0 nitrogen and oxygen atoms in total. The van der Waals surface area contributed by atoms with Gasteiger partial charge in [0.15, 0.2) is 0 Å². The third kappa shape index (κ3) is 9.07. The molecule has 0 aromatic carbocycles. The van der Waals surface area contributed by atoms with Gasteiger partial charge in [-0.1, -0.05) is 6.92 Å². The molecule has 0 aliphatic carbocycles. The maximum Gasteiger partial charge on any atom is 2.00 e. The van der Waals surface area contributed by atoms with Crippen LogP contribution in [0, 0.1) is 0 Å². The van der Waals surface area contributed by atoms with Crippen LogP contribution in [0.5, 0.6) is 0 Å². The smallest absolute Gasteiger partial charge is 1.00 e. The molecule has 0 atom stereocenters. The van der Waals surface area contributed by atoms with Gasteiger partial charge in [-0.15, -0.1) is 0 Å². The first-order valence-electron chi connectivity index (χ1n) is 1.02. The third-order valence-corrected chi connectivity index (χ3v) is 0. The molecular weight excluding hydrogens is 193 g/mol. The molecule has 0 amide bonds. The molecule has 0 fully saturated rings. The van der Waals surface area contributed by atoms with Crippen LogP contribution in [0.1, 0.15) is 9.78 Å². The van der Waals surface area contributed by atoms with Gasteiger partial charge in [-0.2, -0.15) is 12.6 Å². The van der Waals surface area contributed by atoms with Gasteiger partial charge >= 0.3 is 48.9 Å². The van der Waals surface area contributed by atoms with Crippen molar-refractivity contribution in [1.82, 2.24) is 0 Å². The summed E-state index contributed by atoms with van der Waals surface area (Å²) >= 11 is 3.79. The first-order valence-corrected chi connectivity index (χ1v) is 1.66. The molecule has 0 saturated carbocycles. The normalized spacial score (nSPS) is 4.50. The van der Waals surface area contributed by atoms with E-state index in [1.165, 1.54) is 0 Å². The molecule has 0 radical (unpaired) electrons. The quantitative estimate of drug-likeness (QED) is 0.435. The largest absolute Gasteiger partial charge is 2.00 e. The van der Waals surface area contributed by atoms with E-state index in [1.807, 2.05) is 6.92 Å². The standard InChI is InChI=1S/C2H6S.Ba.2H/c1-2-3;;;/h3H,2H2,1H3;;;/q;+2;2*-1. The van der Waals surface area contributed by atoms with Crippen LogP contribution >= 0.6 is 12.6 Å². The summed E-state index contributed by atoms with van der Waals surface area (Å²) in [7, 11) is 0. The minimum absolute atomic E-state index is 0. The predicted octanol–water partition coefficient (Wildman–Crippen LogP) is 0.780. The molecular formula is C2H8BaS. The summed E-state index contributed by atoms with van der Waals surface area (Å²) in [5.74, 6) is 0.944. The van der Waals surface area contributed by atoms with E-state index in [2.05, 4.69) is 12.6 Å². The van der Waals surface area contributed by atoms with E-state index >= 15 is 0 Å². The Bertz CT molecular complexity index is 11.5. The summed E-state index contributed by atoms with van der Waals surface area (Å²) in [6.45, 7) is 1.99. The summed E-state index contributed by atoms with van der Waals surface area (Å²) in [5.41, 5.74) is 0. The summed E-state index contributed by atoms with van der Waals surface area (Å²) in [5, 5.41) is 0. The molecule has 24 valence electrons.